The van der Waals surface area contributed by atoms with Crippen molar-refractivity contribution in [2.45, 2.75) is 63.2 Å². The number of imidazole rings is 2. The van der Waals surface area contributed by atoms with E-state index in [1.165, 1.54) is 19.2 Å². The van der Waals surface area contributed by atoms with Crippen LogP contribution in [0.5, 0.6) is 5.75 Å². The predicted molar refractivity (Wildman–Crippen MR) is 206 cm³/mol. The van der Waals surface area contributed by atoms with Crippen LogP contribution < -0.4 is 10.6 Å². The lowest BCUT2D eigenvalue weighted by molar-refractivity contribution is -0.134. The smallest absolute Gasteiger partial charge is 0.407 e. The van der Waals surface area contributed by atoms with Crippen LogP contribution in [0.25, 0.3) is 33.6 Å². The Balaban J connectivity index is 0.994. The molecule has 0 saturated carbocycles. The molecule has 6 N–H and O–H groups in total. The van der Waals surface area contributed by atoms with E-state index in [0.29, 0.717) is 31.2 Å². The van der Waals surface area contributed by atoms with Crippen molar-refractivity contribution in [1.82, 2.24) is 40.4 Å². The van der Waals surface area contributed by atoms with Crippen LogP contribution in [0.15, 0.2) is 85.2 Å². The maximum Gasteiger partial charge on any atom is 0.407 e. The van der Waals surface area contributed by atoms with E-state index in [1.807, 2.05) is 48.5 Å². The summed E-state index contributed by atoms with van der Waals surface area (Å²) in [4.78, 5) is 69.6. The van der Waals surface area contributed by atoms with Gasteiger partial charge in [0.1, 0.15) is 29.5 Å². The Morgan fingerprint density at radius 3 is 1.71 bits per heavy atom. The van der Waals surface area contributed by atoms with E-state index in [1.54, 1.807) is 41.2 Å². The number of H-pyrrole nitrogens is 2. The zero-order chi connectivity index (χ0) is 39.3. The molecule has 4 heterocycles. The lowest BCUT2D eigenvalue weighted by atomic mass is 10.0. The van der Waals surface area contributed by atoms with Crippen molar-refractivity contribution in [3.05, 3.63) is 102 Å². The Bertz CT molecular complexity index is 2180. The van der Waals surface area contributed by atoms with Crippen LogP contribution in [0.3, 0.4) is 0 Å². The molecule has 0 bridgehead atoms. The summed E-state index contributed by atoms with van der Waals surface area (Å²) in [6.07, 6.45) is 4.82. The Labute approximate surface area is 323 Å². The second-order valence-electron chi connectivity index (χ2n) is 14.1. The third-order valence-electron chi connectivity index (χ3n) is 10.5. The molecular formula is C41H44N8O7. The number of hydrogen-bond donors (Lipinski definition) is 6. The largest absolute Gasteiger partial charge is 0.508 e. The van der Waals surface area contributed by atoms with Gasteiger partial charge in [-0.05, 0) is 72.6 Å². The van der Waals surface area contributed by atoms with Gasteiger partial charge in [-0.2, -0.15) is 0 Å². The number of aromatic nitrogens is 4. The number of aromatic amines is 2. The predicted octanol–water partition coefficient (Wildman–Crippen LogP) is 5.79. The van der Waals surface area contributed by atoms with Gasteiger partial charge in [-0.1, -0.05) is 60.7 Å². The molecule has 2 fully saturated rings. The number of hydrogen-bond acceptors (Lipinski definition) is 8. The van der Waals surface area contributed by atoms with Crippen LogP contribution in [0, 0.1) is 0 Å². The van der Waals surface area contributed by atoms with Crippen molar-refractivity contribution in [3.63, 3.8) is 0 Å². The van der Waals surface area contributed by atoms with Gasteiger partial charge in [-0.15, -0.1) is 0 Å². The van der Waals surface area contributed by atoms with Gasteiger partial charge in [-0.3, -0.25) is 9.59 Å². The Kier molecular flexibility index (Phi) is 11.0. The highest BCUT2D eigenvalue weighted by Gasteiger charge is 2.37. The number of benzene rings is 3. The maximum atomic E-state index is 13.7. The van der Waals surface area contributed by atoms with E-state index < -0.39 is 24.3 Å². The average molecular weight is 761 g/mol. The lowest BCUT2D eigenvalue weighted by Gasteiger charge is -2.28. The zero-order valence-corrected chi connectivity index (χ0v) is 31.1. The van der Waals surface area contributed by atoms with Gasteiger partial charge < -0.3 is 45.4 Å². The van der Waals surface area contributed by atoms with E-state index in [2.05, 4.69) is 35.3 Å². The van der Waals surface area contributed by atoms with Gasteiger partial charge in [0.15, 0.2) is 0 Å². The number of ether oxygens (including phenoxy) is 1. The highest BCUT2D eigenvalue weighted by atomic mass is 16.5. The zero-order valence-electron chi connectivity index (χ0n) is 31.1. The summed E-state index contributed by atoms with van der Waals surface area (Å²) in [6.45, 7) is 2.71. The first kappa shape index (κ1) is 37.7. The van der Waals surface area contributed by atoms with Gasteiger partial charge in [-0.25, -0.2) is 19.6 Å². The summed E-state index contributed by atoms with van der Waals surface area (Å²) in [7, 11) is 1.26. The van der Waals surface area contributed by atoms with Crippen molar-refractivity contribution in [1.29, 1.82) is 0 Å². The van der Waals surface area contributed by atoms with Crippen molar-refractivity contribution in [3.8, 4) is 39.4 Å². The SMILES string of the molecule is COC(=O)N[C@@H](C)C(=O)N1CCC[C@H]1c1ncc(-c2ccc(-c3ccc(-c4cnc([C@@H]5CCCN5C(=O)[C@H](Cc5ccc(O)cc5)NC(=O)O)[nH]4)cc3)cc2)[nH]1. The number of amides is 4. The number of carbonyl (C=O) groups excluding carboxylic acids is 3. The topological polar surface area (TPSA) is 206 Å². The van der Waals surface area contributed by atoms with Gasteiger partial charge >= 0.3 is 12.2 Å². The van der Waals surface area contributed by atoms with Crippen LogP contribution >= 0.6 is 0 Å². The molecule has 2 aliphatic heterocycles. The van der Waals surface area contributed by atoms with Crippen LogP contribution in [0.1, 0.15) is 61.9 Å². The third-order valence-corrected chi connectivity index (χ3v) is 10.5. The molecule has 3 aromatic carbocycles. The van der Waals surface area contributed by atoms with Crippen LogP contribution in [0.4, 0.5) is 9.59 Å². The summed E-state index contributed by atoms with van der Waals surface area (Å²) in [5, 5.41) is 24.1. The number of phenols is 1. The molecule has 2 aromatic heterocycles. The number of methoxy groups -OCH3 is 1. The molecule has 0 spiro atoms. The highest BCUT2D eigenvalue weighted by Crippen LogP contribution is 2.35. The fourth-order valence-electron chi connectivity index (χ4n) is 7.58. The minimum absolute atomic E-state index is 0.0919. The normalized spacial score (nSPS) is 17.7. The number of carboxylic acid groups (broad SMARTS) is 1. The number of phenolic OH excluding ortho intramolecular Hbond substituents is 1. The van der Waals surface area contributed by atoms with Crippen molar-refractivity contribution < 1.29 is 34.1 Å². The standard InChI is InChI=1S/C41H44N8O7/c1-24(44-41(55)56-2)38(51)48-19-3-5-34(48)36-42-22-32(45-36)28-13-9-26(10-14-28)27-11-15-29(16-12-27)33-23-43-37(46-33)35-6-4-20-49(35)39(52)31(47-40(53)54)21-25-7-17-30(50)18-8-25/h7-18,22-24,31,34-35,47,50H,3-6,19-21H2,1-2H3,(H,42,45)(H,43,46)(H,44,55)(H,53,54)/t24-,31-,34-,35-/m0/s1. The number of nitrogens with one attached hydrogen (secondary N) is 4. The first-order chi connectivity index (χ1) is 27.1. The number of rotatable bonds is 11. The summed E-state index contributed by atoms with van der Waals surface area (Å²) in [6, 6.07) is 20.4. The van der Waals surface area contributed by atoms with Crippen LogP contribution in [0.2, 0.25) is 0 Å². The second-order valence-corrected chi connectivity index (χ2v) is 14.1. The van der Waals surface area contributed by atoms with Gasteiger partial charge in [0, 0.05) is 19.5 Å². The summed E-state index contributed by atoms with van der Waals surface area (Å²) in [5.41, 5.74) is 6.30. The molecular weight excluding hydrogens is 716 g/mol. The van der Waals surface area contributed by atoms with Crippen LogP contribution in [-0.2, 0) is 20.7 Å². The molecule has 4 atom stereocenters. The third kappa shape index (κ3) is 8.21. The summed E-state index contributed by atoms with van der Waals surface area (Å²) >= 11 is 0. The molecule has 15 heteroatoms. The Morgan fingerprint density at radius 1 is 0.750 bits per heavy atom. The summed E-state index contributed by atoms with van der Waals surface area (Å²) in [5.74, 6) is 0.932. The van der Waals surface area contributed by atoms with Gasteiger partial charge in [0.25, 0.3) is 0 Å². The minimum Gasteiger partial charge on any atom is -0.508 e. The second kappa shape index (κ2) is 16.4. The van der Waals surface area contributed by atoms with E-state index >= 15 is 0 Å². The van der Waals surface area contributed by atoms with Gasteiger partial charge in [0.05, 0.1) is 43.0 Å². The number of nitrogens with zero attached hydrogens (tertiary/aromatic N) is 4. The number of carbonyl (C=O) groups is 4. The van der Waals surface area contributed by atoms with E-state index in [-0.39, 0.29) is 36.1 Å². The van der Waals surface area contributed by atoms with Gasteiger partial charge in [0.2, 0.25) is 11.8 Å². The molecule has 0 unspecified atom stereocenters. The number of likely N-dealkylation sites (tertiary alicyclic amines) is 2. The highest BCUT2D eigenvalue weighted by molar-refractivity contribution is 5.87. The Hall–Kier alpha value is -6.64. The molecule has 2 saturated heterocycles. The molecule has 56 heavy (non-hydrogen) atoms. The van der Waals surface area contributed by atoms with Crippen molar-refractivity contribution in [2.75, 3.05) is 20.2 Å². The van der Waals surface area contributed by atoms with Crippen LogP contribution in [-0.4, -0.2) is 96.2 Å². The first-order valence-corrected chi connectivity index (χ1v) is 18.6. The number of alkyl carbamates (subject to hydrolysis) is 1. The fourth-order valence-corrected chi connectivity index (χ4v) is 7.58. The fraction of sp³-hybridized carbons (Fsp3) is 0.317. The monoisotopic (exact) mass is 760 g/mol. The minimum atomic E-state index is -1.28. The van der Waals surface area contributed by atoms with Crippen molar-refractivity contribution in [2.24, 2.45) is 0 Å². The maximum absolute atomic E-state index is 13.7. The molecule has 0 radical (unpaired) electrons. The molecule has 0 aliphatic carbocycles. The van der Waals surface area contributed by atoms with E-state index in [4.69, 9.17) is 0 Å². The van der Waals surface area contributed by atoms with Crippen molar-refractivity contribution >= 4 is 24.0 Å². The average Bonchev–Trinajstić information content (AvgIpc) is 4.05. The summed E-state index contributed by atoms with van der Waals surface area (Å²) < 4.78 is 4.64. The molecule has 5 aromatic rings. The van der Waals surface area contributed by atoms with E-state index in [9.17, 15) is 29.4 Å². The molecule has 2 aliphatic rings. The molecule has 4 amide bonds. The Morgan fingerprint density at radius 2 is 1.23 bits per heavy atom. The molecule has 7 rings (SSSR count). The lowest BCUT2D eigenvalue weighted by Crippen LogP contribution is -2.49. The number of aromatic hydroxyl groups is 1. The molecule has 290 valence electrons. The first-order valence-electron chi connectivity index (χ1n) is 18.6. The molecule has 15 nitrogen and oxygen atoms in total. The van der Waals surface area contributed by atoms with E-state index in [0.717, 1.165) is 58.5 Å². The quantitative estimate of drug-likeness (QED) is 0.0963.